The summed E-state index contributed by atoms with van der Waals surface area (Å²) < 4.78 is 15.7. The lowest BCUT2D eigenvalue weighted by Crippen LogP contribution is -2.67. The van der Waals surface area contributed by atoms with Crippen molar-refractivity contribution in [3.63, 3.8) is 0 Å². The quantitative estimate of drug-likeness (QED) is 0.289. The first-order valence-electron chi connectivity index (χ1n) is 13.1. The molecule has 2 unspecified atom stereocenters. The second-order valence-electron chi connectivity index (χ2n) is 9.65. The molecule has 1 aromatic heterocycles. The molecule has 0 aromatic carbocycles. The van der Waals surface area contributed by atoms with Gasteiger partial charge in [-0.15, -0.1) is 0 Å². The lowest BCUT2D eigenvalue weighted by Gasteiger charge is -2.44. The van der Waals surface area contributed by atoms with Crippen molar-refractivity contribution >= 4 is 40.6 Å². The Bertz CT molecular complexity index is 1060. The number of nitrogens with zero attached hydrogens (tertiary/aromatic N) is 6. The number of carbonyl (C=O) groups excluding carboxylic acids is 1. The number of amides is 1. The fourth-order valence-corrected chi connectivity index (χ4v) is 5.13. The van der Waals surface area contributed by atoms with Crippen molar-refractivity contribution in [1.82, 2.24) is 30.0 Å². The second-order valence-corrected chi connectivity index (χ2v) is 10.9. The molecule has 10 nitrogen and oxygen atoms in total. The molecule has 0 radical (unpaired) electrons. The van der Waals surface area contributed by atoms with Crippen molar-refractivity contribution in [1.29, 1.82) is 5.41 Å². The number of hydrogen-bond acceptors (Lipinski definition) is 7. The van der Waals surface area contributed by atoms with Crippen LogP contribution >= 0.6 is 11.8 Å². The Morgan fingerprint density at radius 2 is 2.05 bits per heavy atom. The van der Waals surface area contributed by atoms with Crippen molar-refractivity contribution in [2.75, 3.05) is 45.2 Å². The Kier molecular flexibility index (Phi) is 10.5. The lowest BCUT2D eigenvalue weighted by molar-refractivity contribution is -0.135. The fourth-order valence-electron chi connectivity index (χ4n) is 4.58. The minimum atomic E-state index is -1.21. The number of carbonyl (C=O) groups is 1. The third kappa shape index (κ3) is 6.83. The monoisotopic (exact) mass is 547 g/mol. The van der Waals surface area contributed by atoms with Crippen LogP contribution in [0.3, 0.4) is 0 Å². The van der Waals surface area contributed by atoms with Gasteiger partial charge in [0.25, 0.3) is 0 Å². The molecule has 12 heteroatoms. The standard InChI is InChI=1S/C26H42FN9OS/c1-8-11-22-32-21(9-2)25(34(7)26(28)38-17(4)27)36(22)18(5)33(6)23(30-10-3)12-24(37)35-15-20(16-35)31-19-13-29-14-19/h8,10-11,17-20,28-29,31H,3,9,12-16H2,1-2,4-7H3/b11-8-,28-26?,30-23-. The van der Waals surface area contributed by atoms with Crippen LogP contribution in [0.5, 0.6) is 0 Å². The average molecular weight is 548 g/mol. The average Bonchev–Trinajstić information content (AvgIpc) is 3.18. The van der Waals surface area contributed by atoms with Gasteiger partial charge in [-0.1, -0.05) is 31.3 Å². The minimum absolute atomic E-state index is 0.0236. The number of aryl methyl sites for hydroxylation is 1. The molecule has 1 aromatic rings. The van der Waals surface area contributed by atoms with Crippen molar-refractivity contribution in [2.24, 2.45) is 4.99 Å². The normalized spacial score (nSPS) is 18.2. The number of anilines is 1. The number of rotatable bonds is 11. The van der Waals surface area contributed by atoms with Gasteiger partial charge in [-0.25, -0.2) is 14.4 Å². The van der Waals surface area contributed by atoms with Crippen LogP contribution in [0.2, 0.25) is 0 Å². The number of likely N-dealkylation sites (tertiary alicyclic amines) is 1. The highest BCUT2D eigenvalue weighted by Gasteiger charge is 2.34. The summed E-state index contributed by atoms with van der Waals surface area (Å²) in [5.41, 5.74) is -0.405. The molecule has 1 amide bonds. The zero-order valence-corrected chi connectivity index (χ0v) is 24.2. The maximum Gasteiger partial charge on any atom is 0.230 e. The number of imidazole rings is 1. The number of alkyl halides is 1. The Labute approximate surface area is 229 Å². The van der Waals surface area contributed by atoms with Crippen LogP contribution in [0.15, 0.2) is 23.8 Å². The molecule has 0 bridgehead atoms. The van der Waals surface area contributed by atoms with E-state index in [9.17, 15) is 9.18 Å². The van der Waals surface area contributed by atoms with Gasteiger partial charge in [0.1, 0.15) is 29.1 Å². The highest BCUT2D eigenvalue weighted by Crippen LogP contribution is 2.31. The van der Waals surface area contributed by atoms with Crippen molar-refractivity contribution in [3.8, 4) is 0 Å². The highest BCUT2D eigenvalue weighted by molar-refractivity contribution is 8.14. The Morgan fingerprint density at radius 1 is 1.37 bits per heavy atom. The Hall–Kier alpha value is -2.70. The number of halogens is 1. The molecular formula is C26H42FN9OS. The molecule has 2 saturated heterocycles. The summed E-state index contributed by atoms with van der Waals surface area (Å²) in [6.07, 6.45) is 5.76. The van der Waals surface area contributed by atoms with Gasteiger partial charge in [0.05, 0.1) is 12.1 Å². The van der Waals surface area contributed by atoms with Gasteiger partial charge in [0.2, 0.25) is 5.91 Å². The topological polar surface area (TPSA) is 105 Å². The van der Waals surface area contributed by atoms with E-state index < -0.39 is 5.50 Å². The van der Waals surface area contributed by atoms with Crippen molar-refractivity contribution in [3.05, 3.63) is 30.4 Å². The van der Waals surface area contributed by atoms with E-state index in [-0.39, 0.29) is 23.7 Å². The summed E-state index contributed by atoms with van der Waals surface area (Å²) in [5.74, 6) is 2.04. The van der Waals surface area contributed by atoms with Crippen LogP contribution < -0.4 is 15.5 Å². The predicted octanol–water partition coefficient (Wildman–Crippen LogP) is 3.05. The number of hydrogen-bond donors (Lipinski definition) is 3. The molecule has 2 fully saturated rings. The molecule has 2 atom stereocenters. The van der Waals surface area contributed by atoms with E-state index in [1.807, 2.05) is 54.3 Å². The van der Waals surface area contributed by atoms with E-state index in [0.717, 1.165) is 30.5 Å². The molecule has 210 valence electrons. The van der Waals surface area contributed by atoms with Crippen LogP contribution in [0.1, 0.15) is 51.8 Å². The van der Waals surface area contributed by atoms with E-state index in [2.05, 4.69) is 22.2 Å². The number of thioether (sulfide) groups is 1. The van der Waals surface area contributed by atoms with Gasteiger partial charge in [-0.2, -0.15) is 0 Å². The smallest absolute Gasteiger partial charge is 0.230 e. The summed E-state index contributed by atoms with van der Waals surface area (Å²) in [6.45, 7) is 14.5. The Balaban J connectivity index is 1.82. The molecule has 0 aliphatic carbocycles. The number of allylic oxidation sites excluding steroid dienone is 1. The first-order valence-corrected chi connectivity index (χ1v) is 14.0. The van der Waals surface area contributed by atoms with Gasteiger partial charge in [0.15, 0.2) is 5.17 Å². The summed E-state index contributed by atoms with van der Waals surface area (Å²) in [5, 5.41) is 15.4. The maximum absolute atomic E-state index is 13.7. The molecule has 3 N–H and O–H groups in total. The summed E-state index contributed by atoms with van der Waals surface area (Å²) in [6, 6.07) is 0.833. The van der Waals surface area contributed by atoms with E-state index in [4.69, 9.17) is 10.4 Å². The van der Waals surface area contributed by atoms with E-state index in [1.54, 1.807) is 11.9 Å². The zero-order chi connectivity index (χ0) is 28.0. The molecular weight excluding hydrogens is 505 g/mol. The second kappa shape index (κ2) is 13.4. The SMILES string of the molecule is C=C/N=C(/CC(=O)N1CC(NC2CNC2)C1)N(C)C(C)n1c(/C=C\C)nc(CC)c1N(C)C(=N)SC(C)F. The van der Waals surface area contributed by atoms with Gasteiger partial charge in [0, 0.05) is 58.6 Å². The molecule has 2 aliphatic rings. The molecule has 0 spiro atoms. The molecule has 2 aliphatic heterocycles. The van der Waals surface area contributed by atoms with Gasteiger partial charge >= 0.3 is 0 Å². The Morgan fingerprint density at radius 3 is 2.58 bits per heavy atom. The van der Waals surface area contributed by atoms with Crippen LogP contribution in [0.4, 0.5) is 10.2 Å². The number of amidine groups is 2. The first kappa shape index (κ1) is 29.9. The van der Waals surface area contributed by atoms with Gasteiger partial charge in [-0.3, -0.25) is 14.8 Å². The zero-order valence-electron chi connectivity index (χ0n) is 23.4. The van der Waals surface area contributed by atoms with Crippen LogP contribution in [0.25, 0.3) is 6.08 Å². The number of aliphatic imine (C=N–C) groups is 1. The molecule has 3 heterocycles. The van der Waals surface area contributed by atoms with E-state index >= 15 is 0 Å². The number of nitrogens with one attached hydrogen (secondary N) is 3. The van der Waals surface area contributed by atoms with Crippen molar-refractivity contribution < 1.29 is 9.18 Å². The summed E-state index contributed by atoms with van der Waals surface area (Å²) in [7, 11) is 3.65. The first-order chi connectivity index (χ1) is 18.1. The molecule has 0 saturated carbocycles. The number of aromatic nitrogens is 2. The third-order valence-electron chi connectivity index (χ3n) is 6.91. The van der Waals surface area contributed by atoms with Crippen LogP contribution in [0, 0.1) is 5.41 Å². The maximum atomic E-state index is 13.7. The lowest BCUT2D eigenvalue weighted by atomic mass is 10.0. The van der Waals surface area contributed by atoms with Crippen LogP contribution in [-0.2, 0) is 11.2 Å². The molecule has 38 heavy (non-hydrogen) atoms. The van der Waals surface area contributed by atoms with Crippen molar-refractivity contribution in [2.45, 2.75) is 64.3 Å². The largest absolute Gasteiger partial charge is 0.342 e. The third-order valence-corrected chi connectivity index (χ3v) is 7.73. The molecule has 3 rings (SSSR count). The summed E-state index contributed by atoms with van der Waals surface area (Å²) in [4.78, 5) is 27.9. The van der Waals surface area contributed by atoms with Gasteiger partial charge in [-0.05, 0) is 33.3 Å². The van der Waals surface area contributed by atoms with E-state index in [1.165, 1.54) is 13.1 Å². The van der Waals surface area contributed by atoms with E-state index in [0.29, 0.717) is 49.1 Å². The highest BCUT2D eigenvalue weighted by atomic mass is 32.2. The van der Waals surface area contributed by atoms with Crippen LogP contribution in [-0.4, -0.2) is 94.1 Å². The predicted molar refractivity (Wildman–Crippen MR) is 155 cm³/mol. The van der Waals surface area contributed by atoms with Gasteiger partial charge < -0.3 is 25.3 Å². The minimum Gasteiger partial charge on any atom is -0.342 e. The fraction of sp³-hybridized carbons (Fsp3) is 0.615. The summed E-state index contributed by atoms with van der Waals surface area (Å²) >= 11 is 0.846.